The van der Waals surface area contributed by atoms with Gasteiger partial charge < -0.3 is 11.1 Å². The van der Waals surface area contributed by atoms with Gasteiger partial charge in [-0.1, -0.05) is 6.07 Å². The van der Waals surface area contributed by atoms with Crippen molar-refractivity contribution in [2.45, 2.75) is 38.6 Å². The lowest BCUT2D eigenvalue weighted by Gasteiger charge is -2.11. The topological polar surface area (TPSA) is 55.1 Å². The Labute approximate surface area is 113 Å². The summed E-state index contributed by atoms with van der Waals surface area (Å²) in [7, 11) is 0. The number of nitrogens with two attached hydrogens (primary N) is 1. The van der Waals surface area contributed by atoms with Gasteiger partial charge in [0, 0.05) is 19.0 Å². The van der Waals surface area contributed by atoms with Crippen LogP contribution in [0.25, 0.3) is 0 Å². The summed E-state index contributed by atoms with van der Waals surface area (Å²) in [6, 6.07) is 4.74. The van der Waals surface area contributed by atoms with Crippen molar-refractivity contribution in [3.8, 4) is 0 Å². The molecule has 0 aromatic heterocycles. The van der Waals surface area contributed by atoms with Crippen molar-refractivity contribution in [1.82, 2.24) is 5.32 Å². The van der Waals surface area contributed by atoms with Crippen molar-refractivity contribution in [3.63, 3.8) is 0 Å². The maximum atomic E-state index is 12.9. The first-order chi connectivity index (χ1) is 9.06. The molecule has 19 heavy (non-hydrogen) atoms. The fraction of sp³-hybridized carbons (Fsp3) is 0.533. The normalized spacial score (nSPS) is 16.2. The number of rotatable bonds is 6. The summed E-state index contributed by atoms with van der Waals surface area (Å²) in [6.45, 7) is 2.45. The Kier molecular flexibility index (Phi) is 4.53. The van der Waals surface area contributed by atoms with Crippen LogP contribution in [0.1, 0.15) is 30.4 Å². The average molecular weight is 264 g/mol. The quantitative estimate of drug-likeness (QED) is 0.824. The van der Waals surface area contributed by atoms with Crippen molar-refractivity contribution >= 4 is 5.91 Å². The molecule has 1 atom stereocenters. The van der Waals surface area contributed by atoms with Crippen LogP contribution in [-0.2, 0) is 11.2 Å². The molecular formula is C15H21FN2O. The second-order valence-electron chi connectivity index (χ2n) is 5.38. The molecule has 0 bridgehead atoms. The van der Waals surface area contributed by atoms with E-state index in [4.69, 9.17) is 5.73 Å². The molecule has 0 aliphatic heterocycles. The maximum absolute atomic E-state index is 12.9. The molecule has 3 N–H and O–H groups in total. The first kappa shape index (κ1) is 14.0. The summed E-state index contributed by atoms with van der Waals surface area (Å²) < 4.78 is 12.9. The third-order valence-electron chi connectivity index (χ3n) is 3.67. The van der Waals surface area contributed by atoms with E-state index in [1.807, 2.05) is 6.92 Å². The summed E-state index contributed by atoms with van der Waals surface area (Å²) in [5.41, 5.74) is 7.88. The highest BCUT2D eigenvalue weighted by Crippen LogP contribution is 2.32. The van der Waals surface area contributed by atoms with Crippen LogP contribution in [0.2, 0.25) is 0 Å². The third-order valence-corrected chi connectivity index (χ3v) is 3.67. The highest BCUT2D eigenvalue weighted by Gasteiger charge is 2.29. The minimum Gasteiger partial charge on any atom is -0.356 e. The number of benzene rings is 1. The van der Waals surface area contributed by atoms with Crippen LogP contribution >= 0.6 is 0 Å². The maximum Gasteiger partial charge on any atom is 0.221 e. The summed E-state index contributed by atoms with van der Waals surface area (Å²) in [6.07, 6.45) is 3.44. The van der Waals surface area contributed by atoms with Crippen LogP contribution in [0.15, 0.2) is 18.2 Å². The summed E-state index contributed by atoms with van der Waals surface area (Å²) in [5.74, 6) is 0.338. The van der Waals surface area contributed by atoms with E-state index in [9.17, 15) is 9.18 Å². The zero-order valence-electron chi connectivity index (χ0n) is 11.3. The molecule has 2 rings (SSSR count). The summed E-state index contributed by atoms with van der Waals surface area (Å²) >= 11 is 0. The number of nitrogens with one attached hydrogen (secondary N) is 1. The van der Waals surface area contributed by atoms with E-state index in [0.717, 1.165) is 30.4 Å². The minimum atomic E-state index is -0.222. The lowest BCUT2D eigenvalue weighted by molar-refractivity contribution is -0.121. The van der Waals surface area contributed by atoms with E-state index in [2.05, 4.69) is 5.32 Å². The van der Waals surface area contributed by atoms with E-state index in [0.29, 0.717) is 18.9 Å². The van der Waals surface area contributed by atoms with Gasteiger partial charge in [0.2, 0.25) is 5.91 Å². The molecular weight excluding hydrogens is 243 g/mol. The van der Waals surface area contributed by atoms with Gasteiger partial charge in [-0.05, 0) is 55.4 Å². The molecule has 4 heteroatoms. The molecule has 1 aromatic carbocycles. The molecule has 1 amide bonds. The molecule has 1 aromatic rings. The van der Waals surface area contributed by atoms with E-state index in [1.54, 1.807) is 6.07 Å². The van der Waals surface area contributed by atoms with Crippen LogP contribution < -0.4 is 11.1 Å². The Morgan fingerprint density at radius 1 is 1.53 bits per heavy atom. The van der Waals surface area contributed by atoms with E-state index < -0.39 is 0 Å². The Bertz CT molecular complexity index is 457. The molecule has 1 unspecified atom stereocenters. The van der Waals surface area contributed by atoms with Gasteiger partial charge in [-0.15, -0.1) is 0 Å². The lowest BCUT2D eigenvalue weighted by atomic mass is 10.1. The van der Waals surface area contributed by atoms with Crippen LogP contribution in [0.4, 0.5) is 4.39 Å². The fourth-order valence-electron chi connectivity index (χ4n) is 2.25. The fourth-order valence-corrected chi connectivity index (χ4v) is 2.25. The molecule has 1 aliphatic carbocycles. The van der Waals surface area contributed by atoms with Gasteiger partial charge >= 0.3 is 0 Å². The molecule has 0 saturated heterocycles. The lowest BCUT2D eigenvalue weighted by Crippen LogP contribution is -2.33. The van der Waals surface area contributed by atoms with Crippen molar-refractivity contribution in [2.75, 3.05) is 6.54 Å². The largest absolute Gasteiger partial charge is 0.356 e. The van der Waals surface area contributed by atoms with Crippen LogP contribution in [0.3, 0.4) is 0 Å². The Morgan fingerprint density at radius 3 is 2.89 bits per heavy atom. The van der Waals surface area contributed by atoms with Crippen LogP contribution in [-0.4, -0.2) is 18.5 Å². The molecule has 0 heterocycles. The highest BCUT2D eigenvalue weighted by molar-refractivity contribution is 5.76. The number of hydrogen-bond donors (Lipinski definition) is 2. The zero-order valence-corrected chi connectivity index (χ0v) is 11.3. The molecule has 0 radical (unpaired) electrons. The number of halogens is 1. The third kappa shape index (κ3) is 4.31. The minimum absolute atomic E-state index is 0.00700. The number of carbonyl (C=O) groups excluding carboxylic acids is 1. The highest BCUT2D eigenvalue weighted by atomic mass is 19.1. The Morgan fingerprint density at radius 2 is 2.26 bits per heavy atom. The van der Waals surface area contributed by atoms with E-state index in [1.165, 1.54) is 12.1 Å². The summed E-state index contributed by atoms with van der Waals surface area (Å²) in [4.78, 5) is 11.7. The Hall–Kier alpha value is -1.42. The van der Waals surface area contributed by atoms with Gasteiger partial charge in [-0.3, -0.25) is 4.79 Å². The van der Waals surface area contributed by atoms with E-state index >= 15 is 0 Å². The molecule has 1 saturated carbocycles. The zero-order chi connectivity index (χ0) is 13.8. The molecule has 104 valence electrons. The smallest absolute Gasteiger partial charge is 0.221 e. The first-order valence-electron chi connectivity index (χ1n) is 6.83. The van der Waals surface area contributed by atoms with Gasteiger partial charge in [0.05, 0.1) is 0 Å². The van der Waals surface area contributed by atoms with Gasteiger partial charge in [0.15, 0.2) is 0 Å². The SMILES string of the molecule is Cc1cc(F)ccc1CCNC(=O)CC(N)C1CC1. The second-order valence-corrected chi connectivity index (χ2v) is 5.38. The molecule has 1 aliphatic rings. The Balaban J connectivity index is 1.71. The van der Waals surface area contributed by atoms with E-state index in [-0.39, 0.29) is 17.8 Å². The number of hydrogen-bond acceptors (Lipinski definition) is 2. The van der Waals surface area contributed by atoms with Crippen molar-refractivity contribution in [1.29, 1.82) is 0 Å². The average Bonchev–Trinajstić information content (AvgIpc) is 3.16. The first-order valence-corrected chi connectivity index (χ1v) is 6.83. The van der Waals surface area contributed by atoms with Crippen LogP contribution in [0.5, 0.6) is 0 Å². The number of carbonyl (C=O) groups is 1. The number of aryl methyl sites for hydroxylation is 1. The second kappa shape index (κ2) is 6.15. The predicted molar refractivity (Wildman–Crippen MR) is 73.2 cm³/mol. The summed E-state index contributed by atoms with van der Waals surface area (Å²) in [5, 5.41) is 2.87. The van der Waals surface area contributed by atoms with Crippen molar-refractivity contribution < 1.29 is 9.18 Å². The standard InChI is InChI=1S/C15H21FN2O/c1-10-8-13(16)5-4-11(10)6-7-18-15(19)9-14(17)12-2-3-12/h4-5,8,12,14H,2-3,6-7,9,17H2,1H3,(H,18,19). The molecule has 3 nitrogen and oxygen atoms in total. The molecule has 0 spiro atoms. The van der Waals surface area contributed by atoms with Gasteiger partial charge in [0.1, 0.15) is 5.82 Å². The van der Waals surface area contributed by atoms with Crippen molar-refractivity contribution in [2.24, 2.45) is 11.7 Å². The predicted octanol–water partition coefficient (Wildman–Crippen LogP) is 1.92. The van der Waals surface area contributed by atoms with Crippen molar-refractivity contribution in [3.05, 3.63) is 35.1 Å². The van der Waals surface area contributed by atoms with Crippen LogP contribution in [0, 0.1) is 18.7 Å². The number of amides is 1. The molecule has 1 fully saturated rings. The van der Waals surface area contributed by atoms with Gasteiger partial charge in [-0.2, -0.15) is 0 Å². The van der Waals surface area contributed by atoms with Gasteiger partial charge in [-0.25, -0.2) is 4.39 Å². The monoisotopic (exact) mass is 264 g/mol. The van der Waals surface area contributed by atoms with Gasteiger partial charge in [0.25, 0.3) is 0 Å².